The van der Waals surface area contributed by atoms with Crippen molar-refractivity contribution >= 4 is 17.3 Å². The van der Waals surface area contributed by atoms with Gasteiger partial charge < -0.3 is 15.0 Å². The van der Waals surface area contributed by atoms with Crippen LogP contribution < -0.4 is 10.2 Å². The average Bonchev–Trinajstić information content (AvgIpc) is 2.39. The minimum atomic E-state index is -4.89. The molecule has 4 nitrogen and oxygen atoms in total. The van der Waals surface area contributed by atoms with Crippen molar-refractivity contribution < 1.29 is 22.7 Å². The minimum Gasteiger partial charge on any atom is -0.378 e. The summed E-state index contributed by atoms with van der Waals surface area (Å²) < 4.78 is 42.0. The molecule has 1 N–H and O–H groups in total. The molecule has 1 aliphatic rings. The molecule has 2 rings (SSSR count). The van der Waals surface area contributed by atoms with E-state index in [0.29, 0.717) is 32.0 Å². The van der Waals surface area contributed by atoms with Gasteiger partial charge in [0.05, 0.1) is 24.6 Å². The molecule has 0 unspecified atom stereocenters. The summed E-state index contributed by atoms with van der Waals surface area (Å²) in [5, 5.41) is 1.90. The summed E-state index contributed by atoms with van der Waals surface area (Å²) in [4.78, 5) is 12.9. The Balaban J connectivity index is 2.18. The number of anilines is 2. The van der Waals surface area contributed by atoms with Crippen LogP contribution in [0.2, 0.25) is 0 Å². The fourth-order valence-corrected chi connectivity index (χ4v) is 1.85. The monoisotopic (exact) mass is 274 g/mol. The molecular weight excluding hydrogens is 261 g/mol. The zero-order valence-corrected chi connectivity index (χ0v) is 10.0. The fourth-order valence-electron chi connectivity index (χ4n) is 1.85. The Bertz CT molecular complexity index is 457. The molecule has 1 aromatic carbocycles. The summed E-state index contributed by atoms with van der Waals surface area (Å²) in [6.07, 6.45) is -4.89. The molecule has 19 heavy (non-hydrogen) atoms. The van der Waals surface area contributed by atoms with Gasteiger partial charge in [-0.25, -0.2) is 0 Å². The first-order chi connectivity index (χ1) is 8.98. The number of para-hydroxylation sites is 2. The van der Waals surface area contributed by atoms with Crippen molar-refractivity contribution in [3.63, 3.8) is 0 Å². The first kappa shape index (κ1) is 13.7. The average molecular weight is 274 g/mol. The number of rotatable bonds is 2. The third-order valence-electron chi connectivity index (χ3n) is 2.76. The topological polar surface area (TPSA) is 41.6 Å². The highest BCUT2D eigenvalue weighted by Gasteiger charge is 2.39. The van der Waals surface area contributed by atoms with Gasteiger partial charge in [0.1, 0.15) is 0 Å². The Kier molecular flexibility index (Phi) is 3.94. The zero-order chi connectivity index (χ0) is 13.9. The van der Waals surface area contributed by atoms with E-state index >= 15 is 0 Å². The number of nitrogens with one attached hydrogen (secondary N) is 1. The first-order valence-corrected chi connectivity index (χ1v) is 5.78. The lowest BCUT2D eigenvalue weighted by Gasteiger charge is -2.30. The van der Waals surface area contributed by atoms with Gasteiger partial charge in [-0.15, -0.1) is 0 Å². The van der Waals surface area contributed by atoms with E-state index in [0.717, 1.165) is 0 Å². The molecule has 0 aromatic heterocycles. The van der Waals surface area contributed by atoms with E-state index in [1.54, 1.807) is 18.2 Å². The molecular formula is C12H13F3N2O2. The Labute approximate surface area is 108 Å². The van der Waals surface area contributed by atoms with Crippen molar-refractivity contribution in [1.29, 1.82) is 0 Å². The summed E-state index contributed by atoms with van der Waals surface area (Å²) in [5.41, 5.74) is 0.732. The van der Waals surface area contributed by atoms with Crippen LogP contribution in [-0.4, -0.2) is 38.4 Å². The molecule has 0 radical (unpaired) electrons. The second-order valence-electron chi connectivity index (χ2n) is 4.07. The second-order valence-corrected chi connectivity index (χ2v) is 4.07. The van der Waals surface area contributed by atoms with Gasteiger partial charge in [-0.1, -0.05) is 12.1 Å². The molecule has 0 atom stereocenters. The maximum absolute atomic E-state index is 12.3. The number of alkyl halides is 3. The lowest BCUT2D eigenvalue weighted by Crippen LogP contribution is -2.37. The molecule has 104 valence electrons. The maximum Gasteiger partial charge on any atom is 0.471 e. The van der Waals surface area contributed by atoms with E-state index in [2.05, 4.69) is 0 Å². The zero-order valence-electron chi connectivity index (χ0n) is 10.0. The van der Waals surface area contributed by atoms with Gasteiger partial charge in [0.15, 0.2) is 0 Å². The minimum absolute atomic E-state index is 0.159. The summed E-state index contributed by atoms with van der Waals surface area (Å²) in [6, 6.07) is 6.43. The van der Waals surface area contributed by atoms with Crippen LogP contribution >= 0.6 is 0 Å². The normalized spacial score (nSPS) is 16.3. The van der Waals surface area contributed by atoms with Crippen molar-refractivity contribution in [3.8, 4) is 0 Å². The first-order valence-electron chi connectivity index (χ1n) is 5.78. The number of halogens is 3. The van der Waals surface area contributed by atoms with Crippen molar-refractivity contribution in [1.82, 2.24) is 0 Å². The molecule has 1 heterocycles. The highest BCUT2D eigenvalue weighted by atomic mass is 19.4. The third kappa shape index (κ3) is 3.37. The number of nitrogens with zero attached hydrogens (tertiary/aromatic N) is 1. The van der Waals surface area contributed by atoms with Crippen molar-refractivity contribution in [2.24, 2.45) is 0 Å². The number of ether oxygens (including phenoxy) is 1. The molecule has 0 saturated carbocycles. The largest absolute Gasteiger partial charge is 0.471 e. The van der Waals surface area contributed by atoms with Gasteiger partial charge >= 0.3 is 12.1 Å². The summed E-state index contributed by atoms with van der Waals surface area (Å²) in [6.45, 7) is 2.20. The van der Waals surface area contributed by atoms with E-state index in [1.807, 2.05) is 10.2 Å². The third-order valence-corrected chi connectivity index (χ3v) is 2.76. The van der Waals surface area contributed by atoms with Gasteiger partial charge in [0, 0.05) is 13.1 Å². The lowest BCUT2D eigenvalue weighted by atomic mass is 10.2. The van der Waals surface area contributed by atoms with Crippen LogP contribution in [0.1, 0.15) is 0 Å². The van der Waals surface area contributed by atoms with E-state index in [1.165, 1.54) is 6.07 Å². The summed E-state index contributed by atoms with van der Waals surface area (Å²) >= 11 is 0. The van der Waals surface area contributed by atoms with Crippen molar-refractivity contribution in [2.75, 3.05) is 36.5 Å². The number of amides is 1. The van der Waals surface area contributed by atoms with Crippen LogP contribution in [0.25, 0.3) is 0 Å². The van der Waals surface area contributed by atoms with Gasteiger partial charge in [0.2, 0.25) is 0 Å². The van der Waals surface area contributed by atoms with Crippen molar-refractivity contribution in [3.05, 3.63) is 24.3 Å². The number of hydrogen-bond donors (Lipinski definition) is 1. The molecule has 0 spiro atoms. The van der Waals surface area contributed by atoms with E-state index < -0.39 is 12.1 Å². The smallest absolute Gasteiger partial charge is 0.378 e. The van der Waals surface area contributed by atoms with E-state index in [9.17, 15) is 18.0 Å². The van der Waals surface area contributed by atoms with Crippen LogP contribution in [0.5, 0.6) is 0 Å². The number of morpholine rings is 1. The van der Waals surface area contributed by atoms with Crippen LogP contribution in [0.15, 0.2) is 24.3 Å². The fraction of sp³-hybridized carbons (Fsp3) is 0.417. The molecule has 0 bridgehead atoms. The van der Waals surface area contributed by atoms with Gasteiger partial charge in [0.25, 0.3) is 0 Å². The van der Waals surface area contributed by atoms with Crippen LogP contribution in [0, 0.1) is 0 Å². The predicted octanol–water partition coefficient (Wildman–Crippen LogP) is 2.02. The second kappa shape index (κ2) is 5.48. The Morgan fingerprint density at radius 1 is 1.21 bits per heavy atom. The maximum atomic E-state index is 12.3. The van der Waals surface area contributed by atoms with Gasteiger partial charge in [-0.2, -0.15) is 13.2 Å². The Hall–Kier alpha value is -1.76. The molecule has 1 saturated heterocycles. The predicted molar refractivity (Wildman–Crippen MR) is 64.2 cm³/mol. The van der Waals surface area contributed by atoms with Crippen LogP contribution in [-0.2, 0) is 9.53 Å². The Morgan fingerprint density at radius 2 is 1.84 bits per heavy atom. The molecule has 1 amide bonds. The SMILES string of the molecule is O=C(Nc1ccccc1N1CCOCC1)C(F)(F)F. The molecule has 1 aliphatic heterocycles. The highest BCUT2D eigenvalue weighted by molar-refractivity contribution is 5.97. The number of benzene rings is 1. The quantitative estimate of drug-likeness (QED) is 0.897. The highest BCUT2D eigenvalue weighted by Crippen LogP contribution is 2.28. The van der Waals surface area contributed by atoms with Gasteiger partial charge in [-0.3, -0.25) is 4.79 Å². The number of carbonyl (C=O) groups excluding carboxylic acids is 1. The van der Waals surface area contributed by atoms with Crippen molar-refractivity contribution in [2.45, 2.75) is 6.18 Å². The molecule has 1 aromatic rings. The number of carbonyl (C=O) groups is 1. The summed E-state index contributed by atoms with van der Waals surface area (Å²) in [5.74, 6) is -1.96. The summed E-state index contributed by atoms with van der Waals surface area (Å²) in [7, 11) is 0. The number of hydrogen-bond acceptors (Lipinski definition) is 3. The van der Waals surface area contributed by atoms with E-state index in [4.69, 9.17) is 4.74 Å². The molecule has 0 aliphatic carbocycles. The Morgan fingerprint density at radius 3 is 2.47 bits per heavy atom. The van der Waals surface area contributed by atoms with Crippen LogP contribution in [0.3, 0.4) is 0 Å². The molecule has 1 fully saturated rings. The lowest BCUT2D eigenvalue weighted by molar-refractivity contribution is -0.167. The van der Waals surface area contributed by atoms with Crippen LogP contribution in [0.4, 0.5) is 24.5 Å². The standard InChI is InChI=1S/C12H13F3N2O2/c13-12(14,15)11(18)16-9-3-1-2-4-10(9)17-5-7-19-8-6-17/h1-4H,5-8H2,(H,16,18). The van der Waals surface area contributed by atoms with Gasteiger partial charge in [-0.05, 0) is 12.1 Å². The molecule has 7 heteroatoms. The van der Waals surface area contributed by atoms with E-state index in [-0.39, 0.29) is 5.69 Å².